The molecule has 32 heavy (non-hydrogen) atoms. The summed E-state index contributed by atoms with van der Waals surface area (Å²) in [6.45, 7) is 7.72. The summed E-state index contributed by atoms with van der Waals surface area (Å²) in [5, 5.41) is 5.98. The van der Waals surface area contributed by atoms with Gasteiger partial charge < -0.3 is 20.3 Å². The molecule has 0 bridgehead atoms. The summed E-state index contributed by atoms with van der Waals surface area (Å²) in [7, 11) is 0. The lowest BCUT2D eigenvalue weighted by Gasteiger charge is -2.35. The average molecular weight is 464 g/mol. The summed E-state index contributed by atoms with van der Waals surface area (Å²) in [4.78, 5) is 52.4. The average Bonchev–Trinajstić information content (AvgIpc) is 3.31. The number of amides is 3. The first-order valence-electron chi connectivity index (χ1n) is 10.8. The fourth-order valence-electron chi connectivity index (χ4n) is 4.10. The van der Waals surface area contributed by atoms with Crippen LogP contribution in [0.4, 0.5) is 0 Å². The molecule has 1 aromatic carbocycles. The highest BCUT2D eigenvalue weighted by Crippen LogP contribution is 2.27. The molecule has 3 rings (SSSR count). The van der Waals surface area contributed by atoms with Crippen molar-refractivity contribution in [3.8, 4) is 0 Å². The molecule has 1 unspecified atom stereocenters. The number of benzene rings is 1. The second kappa shape index (κ2) is 9.48. The number of nitrogens with one attached hydrogen (secondary N) is 2. The zero-order valence-electron chi connectivity index (χ0n) is 18.8. The molecule has 0 aromatic heterocycles. The Kier molecular flexibility index (Phi) is 7.12. The van der Waals surface area contributed by atoms with Crippen LogP contribution in [0, 0.1) is 5.41 Å². The second-order valence-electron chi connectivity index (χ2n) is 9.46. The molecule has 2 saturated heterocycles. The monoisotopic (exact) mass is 463 g/mol. The number of likely N-dealkylation sites (tertiary alicyclic amines) is 1. The van der Waals surface area contributed by atoms with Gasteiger partial charge in [-0.2, -0.15) is 0 Å². The molecule has 0 radical (unpaired) electrons. The van der Waals surface area contributed by atoms with Gasteiger partial charge >= 0.3 is 5.97 Å². The van der Waals surface area contributed by atoms with E-state index in [0.29, 0.717) is 24.4 Å². The third-order valence-electron chi connectivity index (χ3n) is 5.94. The highest BCUT2D eigenvalue weighted by atomic mass is 35.5. The highest BCUT2D eigenvalue weighted by Gasteiger charge is 2.43. The van der Waals surface area contributed by atoms with E-state index in [9.17, 15) is 19.2 Å². The number of esters is 1. The Labute approximate surface area is 193 Å². The summed E-state index contributed by atoms with van der Waals surface area (Å²) >= 11 is 6.15. The fraction of sp³-hybridized carbons (Fsp3) is 0.565. The maximum atomic E-state index is 13.5. The zero-order chi connectivity index (χ0) is 23.6. The Balaban J connectivity index is 1.75. The molecular weight excluding hydrogens is 434 g/mol. The van der Waals surface area contributed by atoms with Gasteiger partial charge in [-0.15, -0.1) is 0 Å². The van der Waals surface area contributed by atoms with E-state index in [1.54, 1.807) is 31.2 Å². The van der Waals surface area contributed by atoms with Crippen LogP contribution in [-0.2, 0) is 19.1 Å². The van der Waals surface area contributed by atoms with Crippen LogP contribution in [-0.4, -0.2) is 59.4 Å². The van der Waals surface area contributed by atoms with E-state index in [0.717, 1.165) is 0 Å². The van der Waals surface area contributed by atoms with Crippen LogP contribution >= 0.6 is 11.6 Å². The summed E-state index contributed by atoms with van der Waals surface area (Å²) in [5.41, 5.74) is -0.315. The van der Waals surface area contributed by atoms with Crippen molar-refractivity contribution >= 4 is 35.3 Å². The van der Waals surface area contributed by atoms with Gasteiger partial charge in [-0.05, 0) is 37.3 Å². The molecule has 2 aliphatic rings. The lowest BCUT2D eigenvalue weighted by molar-refractivity contribution is -0.142. The molecule has 8 nitrogen and oxygen atoms in total. The van der Waals surface area contributed by atoms with Crippen molar-refractivity contribution in [2.24, 2.45) is 5.41 Å². The van der Waals surface area contributed by atoms with Crippen LogP contribution in [0.15, 0.2) is 24.3 Å². The van der Waals surface area contributed by atoms with E-state index >= 15 is 0 Å². The Bertz CT molecular complexity index is 913. The Morgan fingerprint density at radius 1 is 1.22 bits per heavy atom. The lowest BCUT2D eigenvalue weighted by atomic mass is 9.85. The molecule has 2 fully saturated rings. The van der Waals surface area contributed by atoms with Gasteiger partial charge in [0.2, 0.25) is 11.8 Å². The third kappa shape index (κ3) is 5.23. The largest absolute Gasteiger partial charge is 0.460 e. The zero-order valence-corrected chi connectivity index (χ0v) is 19.6. The quantitative estimate of drug-likeness (QED) is 0.652. The van der Waals surface area contributed by atoms with Crippen molar-refractivity contribution in [1.82, 2.24) is 15.5 Å². The molecule has 3 amide bonds. The van der Waals surface area contributed by atoms with Crippen LogP contribution in [0.5, 0.6) is 0 Å². The Hall–Kier alpha value is -2.61. The topological polar surface area (TPSA) is 105 Å². The summed E-state index contributed by atoms with van der Waals surface area (Å²) in [6.07, 6.45) is 0.901. The first kappa shape index (κ1) is 24.0. The van der Waals surface area contributed by atoms with Gasteiger partial charge in [0, 0.05) is 6.54 Å². The molecular formula is C23H30ClN3O5. The van der Waals surface area contributed by atoms with E-state index in [1.165, 1.54) is 4.90 Å². The number of cyclic esters (lactones) is 1. The van der Waals surface area contributed by atoms with Crippen LogP contribution in [0.1, 0.15) is 57.3 Å². The molecule has 2 aliphatic heterocycles. The number of carbonyl (C=O) groups is 4. The lowest BCUT2D eigenvalue weighted by Crippen LogP contribution is -2.58. The molecule has 2 N–H and O–H groups in total. The normalized spacial score (nSPS) is 24.1. The molecule has 174 valence electrons. The number of rotatable bonds is 5. The van der Waals surface area contributed by atoms with Crippen molar-refractivity contribution in [2.45, 2.75) is 71.2 Å². The van der Waals surface area contributed by atoms with Crippen molar-refractivity contribution < 1.29 is 23.9 Å². The predicted octanol–water partition coefficient (Wildman–Crippen LogP) is 2.30. The van der Waals surface area contributed by atoms with Crippen LogP contribution in [0.25, 0.3) is 0 Å². The fourth-order valence-corrected chi connectivity index (χ4v) is 4.32. The van der Waals surface area contributed by atoms with E-state index < -0.39 is 35.6 Å². The van der Waals surface area contributed by atoms with Crippen LogP contribution in [0.2, 0.25) is 5.02 Å². The van der Waals surface area contributed by atoms with Gasteiger partial charge in [-0.25, -0.2) is 0 Å². The molecule has 9 heteroatoms. The third-order valence-corrected chi connectivity index (χ3v) is 6.27. The maximum absolute atomic E-state index is 13.5. The highest BCUT2D eigenvalue weighted by molar-refractivity contribution is 6.33. The van der Waals surface area contributed by atoms with E-state index in [2.05, 4.69) is 10.6 Å². The van der Waals surface area contributed by atoms with Gasteiger partial charge in [0.25, 0.3) is 5.91 Å². The number of nitrogens with zero attached hydrogens (tertiary/aromatic N) is 1. The molecule has 0 spiro atoms. The minimum absolute atomic E-state index is 0.117. The van der Waals surface area contributed by atoms with Gasteiger partial charge in [-0.1, -0.05) is 44.5 Å². The summed E-state index contributed by atoms with van der Waals surface area (Å²) < 4.78 is 5.10. The van der Waals surface area contributed by atoms with Gasteiger partial charge in [0.15, 0.2) is 0 Å². The maximum Gasteiger partial charge on any atom is 0.308 e. The second-order valence-corrected chi connectivity index (χ2v) is 9.86. The summed E-state index contributed by atoms with van der Waals surface area (Å²) in [5.74, 6) is -1.42. The number of hydrogen-bond donors (Lipinski definition) is 2. The van der Waals surface area contributed by atoms with E-state index in [1.807, 2.05) is 20.8 Å². The Morgan fingerprint density at radius 2 is 1.91 bits per heavy atom. The molecule has 2 heterocycles. The van der Waals surface area contributed by atoms with Crippen LogP contribution < -0.4 is 10.6 Å². The van der Waals surface area contributed by atoms with E-state index in [4.69, 9.17) is 16.3 Å². The Morgan fingerprint density at radius 3 is 2.50 bits per heavy atom. The number of carbonyl (C=O) groups excluding carboxylic acids is 4. The molecule has 1 aromatic rings. The predicted molar refractivity (Wildman–Crippen MR) is 119 cm³/mol. The van der Waals surface area contributed by atoms with Crippen molar-refractivity contribution in [3.05, 3.63) is 34.9 Å². The number of ether oxygens (including phenoxy) is 1. The van der Waals surface area contributed by atoms with Gasteiger partial charge in [0.05, 0.1) is 23.0 Å². The molecule has 4 atom stereocenters. The first-order chi connectivity index (χ1) is 15.0. The van der Waals surface area contributed by atoms with Gasteiger partial charge in [-0.3, -0.25) is 19.2 Å². The molecule has 0 aliphatic carbocycles. The smallest absolute Gasteiger partial charge is 0.308 e. The number of halogens is 1. The van der Waals surface area contributed by atoms with E-state index in [-0.39, 0.29) is 29.8 Å². The minimum Gasteiger partial charge on any atom is -0.460 e. The van der Waals surface area contributed by atoms with Crippen molar-refractivity contribution in [2.75, 3.05) is 6.54 Å². The van der Waals surface area contributed by atoms with Crippen molar-refractivity contribution in [3.63, 3.8) is 0 Å². The standard InChI is InChI=1S/C23H30ClN3O5/c1-13-16(12-18(28)32-13)25-21(30)17-10-7-11-27(17)22(31)19(23(2,3)4)26-20(29)14-8-5-6-9-15(14)24/h5-6,8-9,13,16-17,19H,7,10-12H2,1-4H3,(H,25,30)(H,26,29)/t13?,16-,17-,19+/m0/s1. The summed E-state index contributed by atoms with van der Waals surface area (Å²) in [6, 6.07) is 4.72. The number of hydrogen-bond acceptors (Lipinski definition) is 5. The molecule has 0 saturated carbocycles. The van der Waals surface area contributed by atoms with Crippen LogP contribution in [0.3, 0.4) is 0 Å². The minimum atomic E-state index is -0.852. The van der Waals surface area contributed by atoms with Crippen molar-refractivity contribution in [1.29, 1.82) is 0 Å². The SMILES string of the molecule is CC1OC(=O)C[C@@H]1NC(=O)[C@@H]1CCCN1C(=O)[C@@H](NC(=O)c1ccccc1Cl)C(C)(C)C. The van der Waals surface area contributed by atoms with Gasteiger partial charge in [0.1, 0.15) is 18.2 Å². The first-order valence-corrected chi connectivity index (χ1v) is 11.2.